The van der Waals surface area contributed by atoms with Gasteiger partial charge in [-0.15, -0.1) is 0 Å². The second-order valence-electron chi connectivity index (χ2n) is 6.09. The highest BCUT2D eigenvalue weighted by Crippen LogP contribution is 2.30. The lowest BCUT2D eigenvalue weighted by Crippen LogP contribution is -2.16. The Balaban J connectivity index is 1.97. The molecular weight excluding hydrogens is 332 g/mol. The molecule has 3 rings (SSSR count). The van der Waals surface area contributed by atoms with E-state index >= 15 is 0 Å². The van der Waals surface area contributed by atoms with Crippen LogP contribution in [0.25, 0.3) is 11.0 Å². The van der Waals surface area contributed by atoms with Crippen LogP contribution in [0.1, 0.15) is 22.3 Å². The van der Waals surface area contributed by atoms with Gasteiger partial charge < -0.3 is 13.9 Å². The Morgan fingerprint density at radius 2 is 1.77 bits per heavy atom. The largest absolute Gasteiger partial charge is 0.488 e. The van der Waals surface area contributed by atoms with Gasteiger partial charge in [-0.3, -0.25) is 4.79 Å². The van der Waals surface area contributed by atoms with E-state index in [4.69, 9.17) is 9.15 Å². The zero-order chi connectivity index (χ0) is 18.7. The van der Waals surface area contributed by atoms with E-state index in [1.165, 1.54) is 7.11 Å². The number of hydrogen-bond donors (Lipinski definition) is 0. The summed E-state index contributed by atoms with van der Waals surface area (Å²) in [5.74, 6) is 0.184. The molecule has 26 heavy (non-hydrogen) atoms. The van der Waals surface area contributed by atoms with Crippen LogP contribution in [-0.2, 0) is 22.6 Å². The van der Waals surface area contributed by atoms with E-state index in [9.17, 15) is 9.59 Å². The molecule has 0 unspecified atom stereocenters. The predicted molar refractivity (Wildman–Crippen MR) is 98.5 cm³/mol. The molecule has 0 aliphatic carbocycles. The molecule has 0 spiro atoms. The van der Waals surface area contributed by atoms with Crippen LogP contribution in [0.3, 0.4) is 0 Å². The summed E-state index contributed by atoms with van der Waals surface area (Å²) in [4.78, 5) is 23.9. The normalized spacial score (nSPS) is 10.7. The average molecular weight is 352 g/mol. The number of esters is 1. The molecule has 0 saturated carbocycles. The summed E-state index contributed by atoms with van der Waals surface area (Å²) in [6.07, 6.45) is -0.105. The number of methoxy groups -OCH3 is 1. The summed E-state index contributed by atoms with van der Waals surface area (Å²) >= 11 is 0. The third-order valence-corrected chi connectivity index (χ3v) is 4.44. The highest BCUT2D eigenvalue weighted by atomic mass is 16.5. The molecule has 1 heterocycles. The summed E-state index contributed by atoms with van der Waals surface area (Å²) in [5.41, 5.74) is 2.80. The van der Waals surface area contributed by atoms with Gasteiger partial charge in [0.05, 0.1) is 19.1 Å². The van der Waals surface area contributed by atoms with E-state index in [0.29, 0.717) is 23.5 Å². The molecule has 0 amide bonds. The Morgan fingerprint density at radius 1 is 1.04 bits per heavy atom. The smallest absolute Gasteiger partial charge is 0.340 e. The number of carbonyl (C=O) groups excluding carboxylic acids is 1. The Hall–Kier alpha value is -3.08. The molecule has 5 heteroatoms. The minimum Gasteiger partial charge on any atom is -0.488 e. The van der Waals surface area contributed by atoms with Gasteiger partial charge in [-0.05, 0) is 37.1 Å². The maximum absolute atomic E-state index is 12.3. The summed E-state index contributed by atoms with van der Waals surface area (Å²) in [6.45, 7) is 4.09. The molecule has 0 fully saturated rings. The van der Waals surface area contributed by atoms with Crippen molar-refractivity contribution in [3.05, 3.63) is 75.1 Å². The summed E-state index contributed by atoms with van der Waals surface area (Å²) in [7, 11) is 1.29. The Morgan fingerprint density at radius 3 is 2.46 bits per heavy atom. The first-order chi connectivity index (χ1) is 12.5. The highest BCUT2D eigenvalue weighted by Gasteiger charge is 2.17. The first kappa shape index (κ1) is 17.7. The minimum absolute atomic E-state index is 0.105. The van der Waals surface area contributed by atoms with E-state index in [0.717, 1.165) is 22.1 Å². The molecule has 0 aliphatic heterocycles. The van der Waals surface area contributed by atoms with E-state index in [2.05, 4.69) is 4.74 Å². The van der Waals surface area contributed by atoms with Gasteiger partial charge in [0.15, 0.2) is 0 Å². The van der Waals surface area contributed by atoms with Crippen LogP contribution < -0.4 is 10.4 Å². The van der Waals surface area contributed by atoms with Crippen molar-refractivity contribution in [2.75, 3.05) is 7.11 Å². The van der Waals surface area contributed by atoms with Crippen LogP contribution in [0.2, 0.25) is 0 Å². The van der Waals surface area contributed by atoms with Gasteiger partial charge in [0.1, 0.15) is 17.9 Å². The van der Waals surface area contributed by atoms with Crippen molar-refractivity contribution in [1.82, 2.24) is 0 Å². The summed E-state index contributed by atoms with van der Waals surface area (Å²) in [5, 5.41) is 0.785. The molecule has 5 nitrogen and oxygen atoms in total. The van der Waals surface area contributed by atoms with E-state index in [-0.39, 0.29) is 6.42 Å². The van der Waals surface area contributed by atoms with Crippen molar-refractivity contribution < 1.29 is 18.7 Å². The van der Waals surface area contributed by atoms with Gasteiger partial charge in [-0.25, -0.2) is 4.79 Å². The number of fused-ring (bicyclic) bond motifs is 1. The van der Waals surface area contributed by atoms with E-state index in [1.54, 1.807) is 0 Å². The number of rotatable bonds is 5. The zero-order valence-electron chi connectivity index (χ0n) is 15.0. The highest BCUT2D eigenvalue weighted by molar-refractivity contribution is 5.86. The first-order valence-electron chi connectivity index (χ1n) is 8.30. The fraction of sp³-hybridized carbons (Fsp3) is 0.238. The zero-order valence-corrected chi connectivity index (χ0v) is 15.0. The van der Waals surface area contributed by atoms with Crippen LogP contribution in [0, 0.1) is 13.8 Å². The van der Waals surface area contributed by atoms with Crippen LogP contribution in [0.15, 0.2) is 51.7 Å². The molecular formula is C21H20O5. The fourth-order valence-corrected chi connectivity index (χ4v) is 2.88. The van der Waals surface area contributed by atoms with Crippen LogP contribution >= 0.6 is 0 Å². The monoisotopic (exact) mass is 352 g/mol. The number of carbonyl (C=O) groups is 1. The van der Waals surface area contributed by atoms with Crippen LogP contribution in [0.4, 0.5) is 0 Å². The van der Waals surface area contributed by atoms with Gasteiger partial charge >= 0.3 is 11.6 Å². The molecule has 2 aromatic carbocycles. The summed E-state index contributed by atoms with van der Waals surface area (Å²) < 4.78 is 16.0. The second kappa shape index (κ2) is 7.44. The lowest BCUT2D eigenvalue weighted by atomic mass is 10.0. The first-order valence-corrected chi connectivity index (χ1v) is 8.30. The van der Waals surface area contributed by atoms with E-state index in [1.807, 2.05) is 56.3 Å². The third-order valence-electron chi connectivity index (χ3n) is 4.44. The number of hydrogen-bond acceptors (Lipinski definition) is 5. The van der Waals surface area contributed by atoms with Crippen molar-refractivity contribution in [1.29, 1.82) is 0 Å². The third kappa shape index (κ3) is 3.47. The minimum atomic E-state index is -0.524. The van der Waals surface area contributed by atoms with Crippen molar-refractivity contribution >= 4 is 16.9 Å². The standard InChI is InChI=1S/C21H20O5/c1-13-16-9-10-18(25-12-15-7-5-4-6-8-15)14(2)20(16)26-21(23)17(13)11-19(22)24-3/h4-10H,11-12H2,1-3H3. The molecule has 0 bridgehead atoms. The molecule has 0 atom stereocenters. The van der Waals surface area contributed by atoms with Gasteiger partial charge in [0, 0.05) is 10.9 Å². The quantitative estimate of drug-likeness (QED) is 0.517. The number of benzene rings is 2. The Labute approximate surface area is 151 Å². The van der Waals surface area contributed by atoms with E-state index < -0.39 is 11.6 Å². The maximum atomic E-state index is 12.3. The number of ether oxygens (including phenoxy) is 2. The summed E-state index contributed by atoms with van der Waals surface area (Å²) in [6, 6.07) is 13.5. The Bertz CT molecular complexity index is 1000. The molecule has 0 N–H and O–H groups in total. The van der Waals surface area contributed by atoms with Crippen molar-refractivity contribution in [2.45, 2.75) is 26.9 Å². The van der Waals surface area contributed by atoms with Gasteiger partial charge in [0.25, 0.3) is 0 Å². The molecule has 3 aromatic rings. The lowest BCUT2D eigenvalue weighted by Gasteiger charge is -2.13. The average Bonchev–Trinajstić information content (AvgIpc) is 2.65. The molecule has 0 saturated heterocycles. The Kier molecular flexibility index (Phi) is 5.07. The van der Waals surface area contributed by atoms with Gasteiger partial charge in [-0.1, -0.05) is 30.3 Å². The van der Waals surface area contributed by atoms with Gasteiger partial charge in [-0.2, -0.15) is 0 Å². The van der Waals surface area contributed by atoms with Crippen molar-refractivity contribution in [3.63, 3.8) is 0 Å². The molecule has 0 radical (unpaired) electrons. The van der Waals surface area contributed by atoms with Crippen molar-refractivity contribution in [2.24, 2.45) is 0 Å². The maximum Gasteiger partial charge on any atom is 0.340 e. The molecule has 134 valence electrons. The second-order valence-corrected chi connectivity index (χ2v) is 6.09. The SMILES string of the molecule is COC(=O)Cc1c(C)c2ccc(OCc3ccccc3)c(C)c2oc1=O. The molecule has 1 aromatic heterocycles. The molecule has 0 aliphatic rings. The van der Waals surface area contributed by atoms with Crippen LogP contribution in [0.5, 0.6) is 5.75 Å². The number of aryl methyl sites for hydroxylation is 2. The lowest BCUT2D eigenvalue weighted by molar-refractivity contribution is -0.139. The predicted octanol–water partition coefficient (Wildman–Crippen LogP) is 3.70. The van der Waals surface area contributed by atoms with Crippen molar-refractivity contribution in [3.8, 4) is 5.75 Å². The topological polar surface area (TPSA) is 65.7 Å². The van der Waals surface area contributed by atoms with Crippen LogP contribution in [-0.4, -0.2) is 13.1 Å². The van der Waals surface area contributed by atoms with Gasteiger partial charge in [0.2, 0.25) is 0 Å². The fourth-order valence-electron chi connectivity index (χ4n) is 2.88.